The molecule has 0 saturated heterocycles. The second-order valence-corrected chi connectivity index (χ2v) is 8.04. The average molecular weight is 457 g/mol. The number of ether oxygens (including phenoxy) is 1. The van der Waals surface area contributed by atoms with Gasteiger partial charge < -0.3 is 9.64 Å². The number of carbonyl (C=O) groups excluding carboxylic acids is 1. The third-order valence-electron chi connectivity index (χ3n) is 4.36. The van der Waals surface area contributed by atoms with E-state index in [1.54, 1.807) is 12.0 Å². The van der Waals surface area contributed by atoms with Crippen LogP contribution in [0.1, 0.15) is 18.9 Å². The Balaban J connectivity index is 1.73. The van der Waals surface area contributed by atoms with Crippen LogP contribution >= 0.6 is 27.3 Å². The van der Waals surface area contributed by atoms with Gasteiger partial charge in [0.05, 0.1) is 18.4 Å². The maximum absolute atomic E-state index is 12.9. The van der Waals surface area contributed by atoms with E-state index < -0.39 is 0 Å². The molecule has 0 fully saturated rings. The SMILES string of the molecule is CCCN1C(=O)/C(=N/c2nnc(-c3cc(Br)ccc3OC)s2)c2ccccc21. The van der Waals surface area contributed by atoms with Crippen LogP contribution in [-0.2, 0) is 4.79 Å². The Hall–Kier alpha value is -2.58. The minimum atomic E-state index is -0.0974. The molecule has 0 saturated carbocycles. The summed E-state index contributed by atoms with van der Waals surface area (Å²) in [6.07, 6.45) is 0.874. The van der Waals surface area contributed by atoms with Crippen molar-refractivity contribution in [1.82, 2.24) is 10.2 Å². The highest BCUT2D eigenvalue weighted by Crippen LogP contribution is 2.37. The van der Waals surface area contributed by atoms with Crippen molar-refractivity contribution in [2.24, 2.45) is 4.99 Å². The van der Waals surface area contributed by atoms with Gasteiger partial charge in [0.1, 0.15) is 11.5 Å². The van der Waals surface area contributed by atoms with E-state index in [1.165, 1.54) is 11.3 Å². The topological polar surface area (TPSA) is 67.7 Å². The van der Waals surface area contributed by atoms with E-state index in [-0.39, 0.29) is 5.91 Å². The first-order valence-electron chi connectivity index (χ1n) is 8.79. The summed E-state index contributed by atoms with van der Waals surface area (Å²) < 4.78 is 6.34. The Bertz CT molecular complexity index is 1080. The van der Waals surface area contributed by atoms with Crippen molar-refractivity contribution in [2.45, 2.75) is 13.3 Å². The molecule has 4 rings (SSSR count). The van der Waals surface area contributed by atoms with E-state index in [0.717, 1.165) is 27.7 Å². The molecule has 142 valence electrons. The predicted octanol–water partition coefficient (Wildman–Crippen LogP) is 4.85. The number of amides is 1. The number of hydrogen-bond donors (Lipinski definition) is 0. The van der Waals surface area contributed by atoms with Crippen LogP contribution < -0.4 is 9.64 Å². The summed E-state index contributed by atoms with van der Waals surface area (Å²) in [5.41, 5.74) is 2.96. The summed E-state index contributed by atoms with van der Waals surface area (Å²) in [6, 6.07) is 13.4. The van der Waals surface area contributed by atoms with Crippen molar-refractivity contribution in [3.8, 4) is 16.3 Å². The summed E-state index contributed by atoms with van der Waals surface area (Å²) in [5.74, 6) is 0.606. The van der Waals surface area contributed by atoms with Gasteiger partial charge in [-0.2, -0.15) is 0 Å². The van der Waals surface area contributed by atoms with E-state index in [9.17, 15) is 4.79 Å². The fraction of sp³-hybridized carbons (Fsp3) is 0.200. The average Bonchev–Trinajstić information content (AvgIpc) is 3.27. The quantitative estimate of drug-likeness (QED) is 0.549. The highest BCUT2D eigenvalue weighted by Gasteiger charge is 2.33. The Morgan fingerprint density at radius 1 is 1.18 bits per heavy atom. The Kier molecular flexibility index (Phi) is 5.23. The number of rotatable bonds is 5. The van der Waals surface area contributed by atoms with Gasteiger partial charge in [0, 0.05) is 16.6 Å². The van der Waals surface area contributed by atoms with Crippen molar-refractivity contribution >= 4 is 49.7 Å². The third kappa shape index (κ3) is 3.33. The van der Waals surface area contributed by atoms with Crippen molar-refractivity contribution in [3.05, 3.63) is 52.5 Å². The van der Waals surface area contributed by atoms with E-state index >= 15 is 0 Å². The minimum Gasteiger partial charge on any atom is -0.496 e. The smallest absolute Gasteiger partial charge is 0.277 e. The molecule has 3 aromatic rings. The molecule has 28 heavy (non-hydrogen) atoms. The summed E-state index contributed by atoms with van der Waals surface area (Å²) in [7, 11) is 1.62. The van der Waals surface area contributed by atoms with Crippen LogP contribution in [0.5, 0.6) is 5.75 Å². The highest BCUT2D eigenvalue weighted by atomic mass is 79.9. The largest absolute Gasteiger partial charge is 0.496 e. The van der Waals surface area contributed by atoms with Gasteiger partial charge in [-0.15, -0.1) is 10.2 Å². The molecule has 8 heteroatoms. The molecule has 0 radical (unpaired) electrons. The van der Waals surface area contributed by atoms with E-state index in [4.69, 9.17) is 4.74 Å². The second-order valence-electron chi connectivity index (χ2n) is 6.17. The number of anilines is 1. The molecule has 0 N–H and O–H groups in total. The van der Waals surface area contributed by atoms with Gasteiger partial charge in [0.25, 0.3) is 5.91 Å². The van der Waals surface area contributed by atoms with Gasteiger partial charge >= 0.3 is 0 Å². The first-order chi connectivity index (χ1) is 13.6. The number of aromatic nitrogens is 2. The first kappa shape index (κ1) is 18.8. The summed E-state index contributed by atoms with van der Waals surface area (Å²) in [5, 5.41) is 9.55. The number of hydrogen-bond acceptors (Lipinski definition) is 6. The second kappa shape index (κ2) is 7.81. The maximum Gasteiger partial charge on any atom is 0.277 e. The van der Waals surface area contributed by atoms with Crippen LogP contribution in [0.15, 0.2) is 51.9 Å². The molecule has 1 aliphatic rings. The summed E-state index contributed by atoms with van der Waals surface area (Å²) >= 11 is 4.79. The van der Waals surface area contributed by atoms with E-state index in [2.05, 4.69) is 31.1 Å². The molecule has 2 aromatic carbocycles. The third-order valence-corrected chi connectivity index (χ3v) is 5.70. The number of fused-ring (bicyclic) bond motifs is 1. The molecule has 1 aliphatic heterocycles. The zero-order valence-electron chi connectivity index (χ0n) is 15.3. The van der Waals surface area contributed by atoms with Crippen LogP contribution in [0, 0.1) is 0 Å². The van der Waals surface area contributed by atoms with Gasteiger partial charge in [-0.3, -0.25) is 4.79 Å². The van der Waals surface area contributed by atoms with Crippen LogP contribution in [0.2, 0.25) is 0 Å². The zero-order valence-corrected chi connectivity index (χ0v) is 17.7. The van der Waals surface area contributed by atoms with Gasteiger partial charge in [0.2, 0.25) is 5.13 Å². The summed E-state index contributed by atoms with van der Waals surface area (Å²) in [4.78, 5) is 19.2. The lowest BCUT2D eigenvalue weighted by molar-refractivity contribution is -0.112. The fourth-order valence-electron chi connectivity index (χ4n) is 3.13. The minimum absolute atomic E-state index is 0.0974. The number of nitrogens with zero attached hydrogens (tertiary/aromatic N) is 4. The Labute approximate surface area is 175 Å². The molecule has 6 nitrogen and oxygen atoms in total. The molecular formula is C20H17BrN4O2S. The molecule has 0 spiro atoms. The molecule has 0 bridgehead atoms. The van der Waals surface area contributed by atoms with Gasteiger partial charge in [-0.25, -0.2) is 4.99 Å². The number of halogens is 1. The molecular weight excluding hydrogens is 440 g/mol. The lowest BCUT2D eigenvalue weighted by atomic mass is 10.1. The molecule has 0 aliphatic carbocycles. The van der Waals surface area contributed by atoms with Gasteiger partial charge in [-0.1, -0.05) is 52.4 Å². The number of benzene rings is 2. The zero-order chi connectivity index (χ0) is 19.7. The van der Waals surface area contributed by atoms with Crippen molar-refractivity contribution in [3.63, 3.8) is 0 Å². The van der Waals surface area contributed by atoms with Crippen molar-refractivity contribution < 1.29 is 9.53 Å². The standard InChI is InChI=1S/C20H17BrN4O2S/c1-3-10-25-15-7-5-4-6-13(15)17(19(25)26)22-20-24-23-18(28-20)14-11-12(21)8-9-16(14)27-2/h4-9,11H,3,10H2,1-2H3/b22-17+. The molecule has 0 unspecified atom stereocenters. The van der Waals surface area contributed by atoms with E-state index in [1.807, 2.05) is 49.4 Å². The highest BCUT2D eigenvalue weighted by molar-refractivity contribution is 9.10. The first-order valence-corrected chi connectivity index (χ1v) is 10.4. The Morgan fingerprint density at radius 2 is 2.00 bits per heavy atom. The fourth-order valence-corrected chi connectivity index (χ4v) is 4.23. The predicted molar refractivity (Wildman–Crippen MR) is 115 cm³/mol. The molecule has 1 aromatic heterocycles. The molecule has 2 heterocycles. The molecule has 0 atom stereocenters. The lowest BCUT2D eigenvalue weighted by Crippen LogP contribution is -2.30. The van der Waals surface area contributed by atoms with Gasteiger partial charge in [0.15, 0.2) is 5.01 Å². The Morgan fingerprint density at radius 3 is 2.79 bits per heavy atom. The van der Waals surface area contributed by atoms with Crippen LogP contribution in [0.25, 0.3) is 10.6 Å². The van der Waals surface area contributed by atoms with Crippen LogP contribution in [0.4, 0.5) is 10.8 Å². The molecule has 1 amide bonds. The van der Waals surface area contributed by atoms with Gasteiger partial charge in [-0.05, 0) is 30.7 Å². The number of methoxy groups -OCH3 is 1. The normalized spacial score (nSPS) is 14.6. The summed E-state index contributed by atoms with van der Waals surface area (Å²) in [6.45, 7) is 2.71. The van der Waals surface area contributed by atoms with E-state index in [0.29, 0.717) is 28.1 Å². The van der Waals surface area contributed by atoms with Crippen LogP contribution in [0.3, 0.4) is 0 Å². The number of aliphatic imine (C=N–C) groups is 1. The maximum atomic E-state index is 12.9. The number of para-hydroxylation sites is 1. The van der Waals surface area contributed by atoms with Crippen molar-refractivity contribution in [2.75, 3.05) is 18.6 Å². The monoisotopic (exact) mass is 456 g/mol. The lowest BCUT2D eigenvalue weighted by Gasteiger charge is -2.14. The van der Waals surface area contributed by atoms with Crippen molar-refractivity contribution in [1.29, 1.82) is 0 Å². The number of carbonyl (C=O) groups is 1. The van der Waals surface area contributed by atoms with Crippen LogP contribution in [-0.4, -0.2) is 35.5 Å².